The summed E-state index contributed by atoms with van der Waals surface area (Å²) in [5, 5.41) is 2.83. The van der Waals surface area contributed by atoms with Crippen LogP contribution in [-0.2, 0) is 20.0 Å². The predicted molar refractivity (Wildman–Crippen MR) is 108 cm³/mol. The highest BCUT2D eigenvalue weighted by Gasteiger charge is 2.25. The topological polar surface area (TPSA) is 95.6 Å². The number of hydrogen-bond acceptors (Lipinski definition) is 5. The number of benzene rings is 2. The molecule has 0 saturated carbocycles. The van der Waals surface area contributed by atoms with Crippen molar-refractivity contribution in [3.63, 3.8) is 0 Å². The first-order valence-corrected chi connectivity index (χ1v) is 11.7. The highest BCUT2D eigenvalue weighted by molar-refractivity contribution is 7.92. The molecular weight excluding hydrogens is 429 g/mol. The Hall–Kier alpha value is -1.88. The molecule has 0 aliphatic carbocycles. The Kier molecular flexibility index (Phi) is 6.92. The van der Waals surface area contributed by atoms with Crippen LogP contribution in [0.25, 0.3) is 0 Å². The number of rotatable bonds is 8. The maximum absolute atomic E-state index is 14.1. The van der Waals surface area contributed by atoms with Gasteiger partial charge < -0.3 is 5.32 Å². The summed E-state index contributed by atoms with van der Waals surface area (Å²) in [6.07, 6.45) is 0. The Balaban J connectivity index is 2.53. The van der Waals surface area contributed by atoms with E-state index in [1.165, 1.54) is 28.6 Å². The number of nitrogens with one attached hydrogen (secondary N) is 2. The van der Waals surface area contributed by atoms with Crippen molar-refractivity contribution >= 4 is 43.0 Å². The SMILES string of the molecule is CCN(CC)S(=O)(=O)c1ccc(NC)c(NS(=O)(=O)c2ccc(Cl)cc2F)c1. The van der Waals surface area contributed by atoms with E-state index in [1.807, 2.05) is 0 Å². The molecule has 0 aliphatic rings. The van der Waals surface area contributed by atoms with Gasteiger partial charge in [0.1, 0.15) is 10.7 Å². The summed E-state index contributed by atoms with van der Waals surface area (Å²) < 4.78 is 68.3. The van der Waals surface area contributed by atoms with Crippen molar-refractivity contribution in [2.24, 2.45) is 0 Å². The van der Waals surface area contributed by atoms with E-state index in [9.17, 15) is 21.2 Å². The van der Waals surface area contributed by atoms with Crippen LogP contribution in [0.15, 0.2) is 46.2 Å². The molecule has 28 heavy (non-hydrogen) atoms. The molecular formula is C17H21ClFN3O4S2. The van der Waals surface area contributed by atoms with Crippen LogP contribution in [0.5, 0.6) is 0 Å². The lowest BCUT2D eigenvalue weighted by Gasteiger charge is -2.20. The van der Waals surface area contributed by atoms with Gasteiger partial charge in [0.25, 0.3) is 10.0 Å². The zero-order valence-electron chi connectivity index (χ0n) is 15.5. The van der Waals surface area contributed by atoms with Gasteiger partial charge in [0.15, 0.2) is 0 Å². The minimum absolute atomic E-state index is 0.0231. The second-order valence-corrected chi connectivity index (χ2v) is 9.75. The predicted octanol–water partition coefficient (Wildman–Crippen LogP) is 3.35. The van der Waals surface area contributed by atoms with Gasteiger partial charge in [-0.2, -0.15) is 4.31 Å². The molecule has 0 aliphatic heterocycles. The standard InChI is InChI=1S/C17H21ClFN3O4S2/c1-4-22(5-2)28(25,26)13-7-8-15(20-3)16(11-13)21-27(23,24)17-9-6-12(18)10-14(17)19/h6-11,20-21H,4-5H2,1-3H3. The van der Waals surface area contributed by atoms with Gasteiger partial charge in [0.05, 0.1) is 16.3 Å². The van der Waals surface area contributed by atoms with E-state index >= 15 is 0 Å². The van der Waals surface area contributed by atoms with Crippen LogP contribution < -0.4 is 10.0 Å². The molecule has 0 amide bonds. The Morgan fingerprint density at radius 1 is 1.00 bits per heavy atom. The maximum atomic E-state index is 14.1. The van der Waals surface area contributed by atoms with Gasteiger partial charge in [-0.15, -0.1) is 0 Å². The molecule has 0 heterocycles. The minimum Gasteiger partial charge on any atom is -0.386 e. The first-order chi connectivity index (χ1) is 13.1. The molecule has 0 atom stereocenters. The lowest BCUT2D eigenvalue weighted by molar-refractivity contribution is 0.445. The number of anilines is 2. The van der Waals surface area contributed by atoms with Crippen molar-refractivity contribution in [2.75, 3.05) is 30.2 Å². The van der Waals surface area contributed by atoms with Crippen molar-refractivity contribution in [1.82, 2.24) is 4.31 Å². The van der Waals surface area contributed by atoms with E-state index in [1.54, 1.807) is 20.9 Å². The smallest absolute Gasteiger partial charge is 0.264 e. The van der Waals surface area contributed by atoms with Crippen molar-refractivity contribution in [3.05, 3.63) is 47.2 Å². The zero-order chi connectivity index (χ0) is 21.1. The maximum Gasteiger partial charge on any atom is 0.264 e. The summed E-state index contributed by atoms with van der Waals surface area (Å²) in [5.74, 6) is -1.02. The molecule has 0 unspecified atom stereocenters. The fourth-order valence-corrected chi connectivity index (χ4v) is 5.37. The summed E-state index contributed by atoms with van der Waals surface area (Å²) in [7, 11) is -6.57. The number of halogens is 2. The van der Waals surface area contributed by atoms with E-state index in [-0.39, 0.29) is 28.7 Å². The molecule has 2 aromatic rings. The lowest BCUT2D eigenvalue weighted by Crippen LogP contribution is -2.30. The van der Waals surface area contributed by atoms with Crippen LogP contribution in [-0.4, -0.2) is 41.3 Å². The normalized spacial score (nSPS) is 12.2. The van der Waals surface area contributed by atoms with Gasteiger partial charge in [-0.25, -0.2) is 21.2 Å². The van der Waals surface area contributed by atoms with Crippen LogP contribution in [0.3, 0.4) is 0 Å². The van der Waals surface area contributed by atoms with Crippen molar-refractivity contribution in [1.29, 1.82) is 0 Å². The van der Waals surface area contributed by atoms with Gasteiger partial charge >= 0.3 is 0 Å². The first-order valence-electron chi connectivity index (χ1n) is 8.36. The van der Waals surface area contributed by atoms with Gasteiger partial charge in [-0.05, 0) is 36.4 Å². The third-order valence-corrected chi connectivity index (χ3v) is 7.71. The fraction of sp³-hybridized carbons (Fsp3) is 0.294. The molecule has 2 rings (SSSR count). The molecule has 2 aromatic carbocycles. The fourth-order valence-electron chi connectivity index (χ4n) is 2.59. The largest absolute Gasteiger partial charge is 0.386 e. The average molecular weight is 450 g/mol. The number of hydrogen-bond donors (Lipinski definition) is 2. The summed E-state index contributed by atoms with van der Waals surface area (Å²) in [5.41, 5.74) is 0.307. The molecule has 0 aromatic heterocycles. The van der Waals surface area contributed by atoms with Gasteiger partial charge in [-0.3, -0.25) is 4.72 Å². The van der Waals surface area contributed by atoms with Crippen LogP contribution in [0.1, 0.15) is 13.8 Å². The van der Waals surface area contributed by atoms with Crippen LogP contribution in [0.4, 0.5) is 15.8 Å². The van der Waals surface area contributed by atoms with Crippen molar-refractivity contribution in [3.8, 4) is 0 Å². The molecule has 11 heteroatoms. The molecule has 0 bridgehead atoms. The second-order valence-electron chi connectivity index (χ2n) is 5.73. The van der Waals surface area contributed by atoms with E-state index in [2.05, 4.69) is 10.0 Å². The number of nitrogens with zero attached hydrogens (tertiary/aromatic N) is 1. The molecule has 7 nitrogen and oxygen atoms in total. The highest BCUT2D eigenvalue weighted by Crippen LogP contribution is 2.30. The van der Waals surface area contributed by atoms with Crippen molar-refractivity contribution in [2.45, 2.75) is 23.6 Å². The molecule has 0 fully saturated rings. The van der Waals surface area contributed by atoms with Gasteiger partial charge in [-0.1, -0.05) is 25.4 Å². The first kappa shape index (κ1) is 22.4. The quantitative estimate of drug-likeness (QED) is 0.644. The summed E-state index contributed by atoms with van der Waals surface area (Å²) >= 11 is 5.67. The molecule has 2 N–H and O–H groups in total. The average Bonchev–Trinajstić information content (AvgIpc) is 2.61. The van der Waals surface area contributed by atoms with Gasteiger partial charge in [0, 0.05) is 25.2 Å². The monoisotopic (exact) mass is 449 g/mol. The Labute approximate surface area is 169 Å². The Morgan fingerprint density at radius 2 is 1.64 bits per heavy atom. The molecule has 0 radical (unpaired) electrons. The summed E-state index contributed by atoms with van der Waals surface area (Å²) in [6.45, 7) is 3.94. The van der Waals surface area contributed by atoms with E-state index < -0.39 is 30.8 Å². The van der Waals surface area contributed by atoms with Gasteiger partial charge in [0.2, 0.25) is 10.0 Å². The number of sulfonamides is 2. The van der Waals surface area contributed by atoms with Crippen LogP contribution >= 0.6 is 11.6 Å². The second kappa shape index (κ2) is 8.64. The minimum atomic E-state index is -4.32. The van der Waals surface area contributed by atoms with Crippen molar-refractivity contribution < 1.29 is 21.2 Å². The van der Waals surface area contributed by atoms with E-state index in [0.717, 1.165) is 12.1 Å². The Morgan fingerprint density at radius 3 is 2.18 bits per heavy atom. The molecule has 0 spiro atoms. The third kappa shape index (κ3) is 4.57. The molecule has 154 valence electrons. The highest BCUT2D eigenvalue weighted by atomic mass is 35.5. The van der Waals surface area contributed by atoms with Crippen LogP contribution in [0, 0.1) is 5.82 Å². The summed E-state index contributed by atoms with van der Waals surface area (Å²) in [4.78, 5) is -0.680. The van der Waals surface area contributed by atoms with Crippen LogP contribution in [0.2, 0.25) is 5.02 Å². The Bertz CT molecular complexity index is 1070. The van der Waals surface area contributed by atoms with E-state index in [0.29, 0.717) is 5.69 Å². The third-order valence-electron chi connectivity index (χ3n) is 4.03. The zero-order valence-corrected chi connectivity index (χ0v) is 17.9. The summed E-state index contributed by atoms with van der Waals surface area (Å²) in [6, 6.07) is 7.18. The molecule has 0 saturated heterocycles. The lowest BCUT2D eigenvalue weighted by atomic mass is 10.3. The van der Waals surface area contributed by atoms with E-state index in [4.69, 9.17) is 11.6 Å².